The molecule has 0 fully saturated rings. The van der Waals surface area contributed by atoms with E-state index in [-0.39, 0.29) is 17.4 Å². The summed E-state index contributed by atoms with van der Waals surface area (Å²) < 4.78 is 14.3. The van der Waals surface area contributed by atoms with Crippen molar-refractivity contribution in [2.24, 2.45) is 0 Å². The number of nitrogens with one attached hydrogen (secondary N) is 3. The SMILES string of the molecule is CC(=O)Nc1cc(Nc2ccc(F)c(-c3ccsc3)c2)c2cc(C(=O)O)[nH]c2c1. The Morgan fingerprint density at radius 2 is 1.93 bits per heavy atom. The van der Waals surface area contributed by atoms with Crippen molar-refractivity contribution in [2.45, 2.75) is 6.92 Å². The van der Waals surface area contributed by atoms with Gasteiger partial charge in [-0.3, -0.25) is 4.79 Å². The zero-order chi connectivity index (χ0) is 20.5. The molecule has 6 nitrogen and oxygen atoms in total. The van der Waals surface area contributed by atoms with Gasteiger partial charge in [0, 0.05) is 29.2 Å². The number of thiophene rings is 1. The molecule has 2 aromatic carbocycles. The molecule has 0 aliphatic heterocycles. The Bertz CT molecular complexity index is 1230. The second-order valence-corrected chi connectivity index (χ2v) is 7.27. The van der Waals surface area contributed by atoms with Crippen LogP contribution >= 0.6 is 11.3 Å². The molecule has 29 heavy (non-hydrogen) atoms. The quantitative estimate of drug-likeness (QED) is 0.353. The third-order valence-electron chi connectivity index (χ3n) is 4.37. The van der Waals surface area contributed by atoms with Crippen molar-refractivity contribution in [3.05, 3.63) is 64.7 Å². The van der Waals surface area contributed by atoms with Gasteiger partial charge in [-0.1, -0.05) is 0 Å². The van der Waals surface area contributed by atoms with Crippen LogP contribution in [0.25, 0.3) is 22.0 Å². The maximum Gasteiger partial charge on any atom is 0.352 e. The van der Waals surface area contributed by atoms with Crippen molar-refractivity contribution in [1.82, 2.24) is 4.98 Å². The topological polar surface area (TPSA) is 94.2 Å². The number of carboxylic acids is 1. The average molecular weight is 409 g/mol. The van der Waals surface area contributed by atoms with Crippen LogP contribution in [-0.2, 0) is 4.79 Å². The number of amides is 1. The van der Waals surface area contributed by atoms with Crippen molar-refractivity contribution in [3.8, 4) is 11.1 Å². The van der Waals surface area contributed by atoms with Gasteiger partial charge in [0.05, 0.1) is 11.2 Å². The van der Waals surface area contributed by atoms with E-state index in [1.165, 1.54) is 30.4 Å². The summed E-state index contributed by atoms with van der Waals surface area (Å²) in [6.07, 6.45) is 0. The highest BCUT2D eigenvalue weighted by Gasteiger charge is 2.14. The van der Waals surface area contributed by atoms with Crippen molar-refractivity contribution in [1.29, 1.82) is 0 Å². The van der Waals surface area contributed by atoms with Crippen LogP contribution in [0.1, 0.15) is 17.4 Å². The predicted molar refractivity (Wildman–Crippen MR) is 113 cm³/mol. The van der Waals surface area contributed by atoms with E-state index in [0.29, 0.717) is 33.5 Å². The number of fused-ring (bicyclic) bond motifs is 1. The van der Waals surface area contributed by atoms with Crippen molar-refractivity contribution < 1.29 is 19.1 Å². The molecule has 0 aliphatic carbocycles. The second kappa shape index (κ2) is 7.40. The molecule has 4 rings (SSSR count). The fourth-order valence-electron chi connectivity index (χ4n) is 3.13. The van der Waals surface area contributed by atoms with Gasteiger partial charge in [0.2, 0.25) is 5.91 Å². The van der Waals surface area contributed by atoms with Gasteiger partial charge >= 0.3 is 5.97 Å². The van der Waals surface area contributed by atoms with E-state index < -0.39 is 5.97 Å². The number of anilines is 3. The van der Waals surface area contributed by atoms with Gasteiger partial charge < -0.3 is 20.7 Å². The minimum absolute atomic E-state index is 0.0288. The number of carbonyl (C=O) groups is 2. The molecule has 2 heterocycles. The molecule has 2 aromatic heterocycles. The smallest absolute Gasteiger partial charge is 0.352 e. The van der Waals surface area contributed by atoms with Gasteiger partial charge in [-0.2, -0.15) is 11.3 Å². The monoisotopic (exact) mass is 409 g/mol. The number of rotatable bonds is 5. The second-order valence-electron chi connectivity index (χ2n) is 6.49. The summed E-state index contributed by atoms with van der Waals surface area (Å²) in [5.41, 5.74) is 3.54. The first-order valence-corrected chi connectivity index (χ1v) is 9.62. The normalized spacial score (nSPS) is 10.8. The highest BCUT2D eigenvalue weighted by Crippen LogP contribution is 2.33. The highest BCUT2D eigenvalue weighted by atomic mass is 32.1. The molecule has 4 aromatic rings. The van der Waals surface area contributed by atoms with Gasteiger partial charge in [0.15, 0.2) is 0 Å². The lowest BCUT2D eigenvalue weighted by Crippen LogP contribution is -2.06. The molecule has 4 N–H and O–H groups in total. The van der Waals surface area contributed by atoms with Crippen LogP contribution in [0.4, 0.5) is 21.5 Å². The van der Waals surface area contributed by atoms with E-state index >= 15 is 0 Å². The first-order chi connectivity index (χ1) is 13.9. The number of H-pyrrole nitrogens is 1. The Balaban J connectivity index is 1.79. The number of benzene rings is 2. The maximum atomic E-state index is 14.3. The van der Waals surface area contributed by atoms with Gasteiger partial charge in [0.25, 0.3) is 0 Å². The highest BCUT2D eigenvalue weighted by molar-refractivity contribution is 7.08. The Kier molecular flexibility index (Phi) is 4.77. The fraction of sp³-hybridized carbons (Fsp3) is 0.0476. The molecule has 146 valence electrons. The Labute approximate surface area is 169 Å². The van der Waals surface area contributed by atoms with Gasteiger partial charge in [-0.15, -0.1) is 0 Å². The van der Waals surface area contributed by atoms with E-state index in [0.717, 1.165) is 5.56 Å². The van der Waals surface area contributed by atoms with Crippen LogP contribution in [-0.4, -0.2) is 22.0 Å². The Morgan fingerprint density at radius 1 is 1.10 bits per heavy atom. The lowest BCUT2D eigenvalue weighted by Gasteiger charge is -2.12. The minimum atomic E-state index is -1.09. The molecule has 1 amide bonds. The van der Waals surface area contributed by atoms with Crippen LogP contribution in [0.3, 0.4) is 0 Å². The number of halogens is 1. The molecule has 0 aliphatic rings. The first-order valence-electron chi connectivity index (χ1n) is 8.67. The van der Waals surface area contributed by atoms with Gasteiger partial charge in [0.1, 0.15) is 11.5 Å². The first kappa shape index (κ1) is 18.7. The van der Waals surface area contributed by atoms with Crippen molar-refractivity contribution >= 4 is 51.2 Å². The van der Waals surface area contributed by atoms with E-state index in [2.05, 4.69) is 15.6 Å². The summed E-state index contributed by atoms with van der Waals surface area (Å²) in [7, 11) is 0. The number of carbonyl (C=O) groups excluding carboxylic acids is 1. The van der Waals surface area contributed by atoms with E-state index in [1.54, 1.807) is 24.3 Å². The van der Waals surface area contributed by atoms with E-state index in [9.17, 15) is 19.1 Å². The molecule has 8 heteroatoms. The largest absolute Gasteiger partial charge is 0.477 e. The molecule has 0 atom stereocenters. The summed E-state index contributed by atoms with van der Waals surface area (Å²) in [4.78, 5) is 25.7. The molecular formula is C21H16FN3O3S. The minimum Gasteiger partial charge on any atom is -0.477 e. The van der Waals surface area contributed by atoms with Crippen molar-refractivity contribution in [3.63, 3.8) is 0 Å². The summed E-state index contributed by atoms with van der Waals surface area (Å²) in [6.45, 7) is 1.39. The van der Waals surface area contributed by atoms with Crippen LogP contribution < -0.4 is 10.6 Å². The van der Waals surface area contributed by atoms with E-state index in [4.69, 9.17) is 0 Å². The zero-order valence-corrected chi connectivity index (χ0v) is 16.1. The summed E-state index contributed by atoms with van der Waals surface area (Å²) >= 11 is 1.48. The van der Waals surface area contributed by atoms with Crippen LogP contribution in [0.5, 0.6) is 0 Å². The number of aromatic amines is 1. The number of aromatic carboxylic acids is 1. The van der Waals surface area contributed by atoms with Crippen LogP contribution in [0.15, 0.2) is 53.2 Å². The third-order valence-corrected chi connectivity index (χ3v) is 5.05. The summed E-state index contributed by atoms with van der Waals surface area (Å²) in [5.74, 6) is -1.67. The number of hydrogen-bond donors (Lipinski definition) is 4. The number of carboxylic acid groups (broad SMARTS) is 1. The van der Waals surface area contributed by atoms with Gasteiger partial charge in [-0.25, -0.2) is 9.18 Å². The molecule has 0 radical (unpaired) electrons. The fourth-order valence-corrected chi connectivity index (χ4v) is 3.79. The van der Waals surface area contributed by atoms with E-state index in [1.807, 2.05) is 16.8 Å². The maximum absolute atomic E-state index is 14.3. The molecule has 0 bridgehead atoms. The summed E-state index contributed by atoms with van der Waals surface area (Å²) in [6, 6.07) is 11.4. The Morgan fingerprint density at radius 3 is 2.62 bits per heavy atom. The third kappa shape index (κ3) is 3.83. The molecule has 0 saturated carbocycles. The molecule has 0 saturated heterocycles. The van der Waals surface area contributed by atoms with Crippen LogP contribution in [0, 0.1) is 5.82 Å². The lowest BCUT2D eigenvalue weighted by molar-refractivity contribution is -0.114. The molecular weight excluding hydrogens is 393 g/mol. The van der Waals surface area contributed by atoms with Crippen LogP contribution in [0.2, 0.25) is 0 Å². The predicted octanol–water partition coefficient (Wildman–Crippen LogP) is 5.44. The number of hydrogen-bond acceptors (Lipinski definition) is 4. The van der Waals surface area contributed by atoms with Crippen molar-refractivity contribution in [2.75, 3.05) is 10.6 Å². The number of aromatic nitrogens is 1. The van der Waals surface area contributed by atoms with Gasteiger partial charge in [-0.05, 0) is 58.8 Å². The Hall–Kier alpha value is -3.65. The summed E-state index contributed by atoms with van der Waals surface area (Å²) in [5, 5.41) is 19.6. The lowest BCUT2D eigenvalue weighted by atomic mass is 10.1. The average Bonchev–Trinajstić information content (AvgIpc) is 3.32. The molecule has 0 spiro atoms. The molecule has 0 unspecified atom stereocenters. The standard InChI is InChI=1S/C21H16FN3O3S/c1-11(26)23-14-7-18(16-9-20(21(27)28)25-19(16)8-14)24-13-2-3-17(22)15(6-13)12-4-5-29-10-12/h2-10,24-25H,1H3,(H,23,26)(H,27,28). The zero-order valence-electron chi connectivity index (χ0n) is 15.2.